The summed E-state index contributed by atoms with van der Waals surface area (Å²) in [5.74, 6) is -0.604. The number of para-hydroxylation sites is 1. The Morgan fingerprint density at radius 3 is 2.48 bits per heavy atom. The molecule has 29 heavy (non-hydrogen) atoms. The molecule has 2 aromatic rings. The van der Waals surface area contributed by atoms with Gasteiger partial charge in [0.15, 0.2) is 5.78 Å². The number of carbonyl (C=O) groups is 2. The van der Waals surface area contributed by atoms with Crippen LogP contribution in [0.25, 0.3) is 0 Å². The Kier molecular flexibility index (Phi) is 6.19. The predicted molar refractivity (Wildman–Crippen MR) is 113 cm³/mol. The maximum Gasteiger partial charge on any atom is 0.255 e. The van der Waals surface area contributed by atoms with Crippen LogP contribution in [0.2, 0.25) is 0 Å². The van der Waals surface area contributed by atoms with Crippen molar-refractivity contribution in [3.05, 3.63) is 59.2 Å². The van der Waals surface area contributed by atoms with E-state index in [-0.39, 0.29) is 22.3 Å². The molecule has 3 rings (SSSR count). The molecule has 0 radical (unpaired) electrons. The Morgan fingerprint density at radius 1 is 1.07 bits per heavy atom. The van der Waals surface area contributed by atoms with Crippen molar-refractivity contribution in [1.29, 1.82) is 0 Å². The van der Waals surface area contributed by atoms with Crippen LogP contribution in [0.3, 0.4) is 0 Å². The molecular formula is C22H26N2O4S. The minimum absolute atomic E-state index is 0.0604. The first kappa shape index (κ1) is 21.2. The molecule has 1 aliphatic heterocycles. The number of piperidine rings is 1. The van der Waals surface area contributed by atoms with Crippen LogP contribution in [0.4, 0.5) is 5.69 Å². The summed E-state index contributed by atoms with van der Waals surface area (Å²) in [4.78, 5) is 24.8. The number of anilines is 1. The van der Waals surface area contributed by atoms with E-state index in [0.29, 0.717) is 23.4 Å². The van der Waals surface area contributed by atoms with Crippen LogP contribution in [0.1, 0.15) is 59.4 Å². The van der Waals surface area contributed by atoms with Crippen LogP contribution >= 0.6 is 0 Å². The molecule has 1 fully saturated rings. The Hall–Kier alpha value is -2.51. The molecule has 7 heteroatoms. The number of rotatable bonds is 5. The topological polar surface area (TPSA) is 83.5 Å². The summed E-state index contributed by atoms with van der Waals surface area (Å²) in [5, 5.41) is 2.75. The number of ketones is 1. The molecule has 0 aliphatic carbocycles. The van der Waals surface area contributed by atoms with E-state index in [4.69, 9.17) is 0 Å². The molecule has 2 aromatic carbocycles. The van der Waals surface area contributed by atoms with Crippen LogP contribution in [0, 0.1) is 6.92 Å². The van der Waals surface area contributed by atoms with Crippen LogP contribution < -0.4 is 5.32 Å². The molecule has 0 spiro atoms. The Morgan fingerprint density at radius 2 is 1.79 bits per heavy atom. The lowest BCUT2D eigenvalue weighted by atomic mass is 10.1. The van der Waals surface area contributed by atoms with Gasteiger partial charge in [0, 0.05) is 23.7 Å². The molecule has 0 saturated carbocycles. The third-order valence-electron chi connectivity index (χ3n) is 5.36. The zero-order valence-corrected chi connectivity index (χ0v) is 17.8. The van der Waals surface area contributed by atoms with E-state index in [2.05, 4.69) is 5.32 Å². The predicted octanol–water partition coefficient (Wildman–Crippen LogP) is 4.01. The molecule has 0 bridgehead atoms. The van der Waals surface area contributed by atoms with Crippen molar-refractivity contribution in [3.8, 4) is 0 Å². The molecule has 6 nitrogen and oxygen atoms in total. The maximum atomic E-state index is 13.1. The Bertz CT molecular complexity index is 1050. The summed E-state index contributed by atoms with van der Waals surface area (Å²) in [6.07, 6.45) is 2.69. The molecule has 154 valence electrons. The van der Waals surface area contributed by atoms with Gasteiger partial charge in [0.2, 0.25) is 10.0 Å². The number of carbonyl (C=O) groups excluding carboxylic acids is 2. The van der Waals surface area contributed by atoms with Crippen LogP contribution in [0.15, 0.2) is 47.4 Å². The van der Waals surface area contributed by atoms with Crippen molar-refractivity contribution in [2.45, 2.75) is 51.0 Å². The van der Waals surface area contributed by atoms with E-state index in [0.717, 1.165) is 19.3 Å². The van der Waals surface area contributed by atoms with Gasteiger partial charge in [-0.2, -0.15) is 4.31 Å². The summed E-state index contributed by atoms with van der Waals surface area (Å²) in [5.41, 5.74) is 1.74. The highest BCUT2D eigenvalue weighted by atomic mass is 32.2. The number of amides is 1. The second-order valence-corrected chi connectivity index (χ2v) is 9.38. The molecule has 0 unspecified atom stereocenters. The second kappa shape index (κ2) is 8.47. The number of hydrogen-bond donors (Lipinski definition) is 1. The molecule has 0 aromatic heterocycles. The minimum atomic E-state index is -3.68. The highest BCUT2D eigenvalue weighted by molar-refractivity contribution is 7.89. The summed E-state index contributed by atoms with van der Waals surface area (Å²) in [6, 6.07) is 11.3. The van der Waals surface area contributed by atoms with Gasteiger partial charge in [-0.05, 0) is 63.4 Å². The largest absolute Gasteiger partial charge is 0.321 e. The monoisotopic (exact) mass is 414 g/mol. The number of nitrogens with one attached hydrogen (secondary N) is 1. The van der Waals surface area contributed by atoms with Gasteiger partial charge in [-0.3, -0.25) is 9.59 Å². The van der Waals surface area contributed by atoms with Gasteiger partial charge < -0.3 is 5.32 Å². The van der Waals surface area contributed by atoms with E-state index in [1.165, 1.54) is 17.3 Å². The third kappa shape index (κ3) is 4.41. The lowest BCUT2D eigenvalue weighted by Gasteiger charge is -2.32. The molecule has 1 atom stereocenters. The number of nitrogens with zero attached hydrogens (tertiary/aromatic N) is 1. The minimum Gasteiger partial charge on any atom is -0.321 e. The van der Waals surface area contributed by atoms with Gasteiger partial charge >= 0.3 is 0 Å². The lowest BCUT2D eigenvalue weighted by Crippen LogP contribution is -2.42. The zero-order valence-electron chi connectivity index (χ0n) is 16.9. The van der Waals surface area contributed by atoms with Gasteiger partial charge in [-0.15, -0.1) is 0 Å². The van der Waals surface area contributed by atoms with Gasteiger partial charge in [0.25, 0.3) is 5.91 Å². The third-order valence-corrected chi connectivity index (χ3v) is 7.37. The normalized spacial score (nSPS) is 17.7. The van der Waals surface area contributed by atoms with Crippen LogP contribution in [0.5, 0.6) is 0 Å². The first-order valence-electron chi connectivity index (χ1n) is 9.75. The van der Waals surface area contributed by atoms with Crippen molar-refractivity contribution >= 4 is 27.4 Å². The number of aryl methyl sites for hydroxylation is 1. The highest BCUT2D eigenvalue weighted by Crippen LogP contribution is 2.27. The van der Waals surface area contributed by atoms with Crippen LogP contribution in [-0.4, -0.2) is 37.0 Å². The van der Waals surface area contributed by atoms with Crippen molar-refractivity contribution in [2.75, 3.05) is 11.9 Å². The smallest absolute Gasteiger partial charge is 0.255 e. The van der Waals surface area contributed by atoms with E-state index in [9.17, 15) is 18.0 Å². The first-order chi connectivity index (χ1) is 13.7. The quantitative estimate of drug-likeness (QED) is 0.749. The Balaban J connectivity index is 1.93. The SMILES string of the molecule is CC(=O)c1ccccc1NC(=O)c1cc(S(=O)(=O)N2CCCC[C@@H]2C)ccc1C. The lowest BCUT2D eigenvalue weighted by molar-refractivity contribution is 0.101. The van der Waals surface area contributed by atoms with Gasteiger partial charge in [0.1, 0.15) is 0 Å². The Labute approximate surface area is 172 Å². The van der Waals surface area contributed by atoms with Crippen molar-refractivity contribution in [2.24, 2.45) is 0 Å². The summed E-state index contributed by atoms with van der Waals surface area (Å²) in [7, 11) is -3.68. The summed E-state index contributed by atoms with van der Waals surface area (Å²) < 4.78 is 27.8. The number of Topliss-reactive ketones (excluding diaryl/α,β-unsaturated/α-hetero) is 1. The molecule has 1 saturated heterocycles. The summed E-state index contributed by atoms with van der Waals surface area (Å²) >= 11 is 0. The fraction of sp³-hybridized carbons (Fsp3) is 0.364. The van der Waals surface area contributed by atoms with Crippen LogP contribution in [-0.2, 0) is 10.0 Å². The fourth-order valence-electron chi connectivity index (χ4n) is 3.66. The standard InChI is InChI=1S/C22H26N2O4S/c1-15-11-12-18(29(27,28)24-13-7-6-8-16(24)2)14-20(15)22(26)23-21-10-5-4-9-19(21)17(3)25/h4-5,9-12,14,16H,6-8,13H2,1-3H3,(H,23,26)/t16-/m0/s1. The maximum absolute atomic E-state index is 13.1. The molecule has 1 N–H and O–H groups in total. The van der Waals surface area contributed by atoms with Crippen molar-refractivity contribution in [1.82, 2.24) is 4.31 Å². The average molecular weight is 415 g/mol. The number of sulfonamides is 1. The van der Waals surface area contributed by atoms with E-state index in [1.807, 2.05) is 6.92 Å². The molecule has 1 amide bonds. The number of hydrogen-bond acceptors (Lipinski definition) is 4. The zero-order chi connectivity index (χ0) is 21.2. The van der Waals surface area contributed by atoms with E-state index < -0.39 is 15.9 Å². The summed E-state index contributed by atoms with van der Waals surface area (Å²) in [6.45, 7) is 5.59. The van der Waals surface area contributed by atoms with Crippen molar-refractivity contribution < 1.29 is 18.0 Å². The van der Waals surface area contributed by atoms with E-state index in [1.54, 1.807) is 43.3 Å². The van der Waals surface area contributed by atoms with Crippen molar-refractivity contribution in [3.63, 3.8) is 0 Å². The average Bonchev–Trinajstić information content (AvgIpc) is 2.68. The molecule has 1 heterocycles. The van der Waals surface area contributed by atoms with Gasteiger partial charge in [-0.1, -0.05) is 24.6 Å². The van der Waals surface area contributed by atoms with Gasteiger partial charge in [-0.25, -0.2) is 8.42 Å². The first-order valence-corrected chi connectivity index (χ1v) is 11.2. The molecule has 1 aliphatic rings. The highest BCUT2D eigenvalue weighted by Gasteiger charge is 2.31. The van der Waals surface area contributed by atoms with Gasteiger partial charge in [0.05, 0.1) is 10.6 Å². The van der Waals surface area contributed by atoms with E-state index >= 15 is 0 Å². The molecular weight excluding hydrogens is 388 g/mol. The second-order valence-electron chi connectivity index (χ2n) is 7.49. The fourth-order valence-corrected chi connectivity index (χ4v) is 5.39. The number of benzene rings is 2.